The van der Waals surface area contributed by atoms with Gasteiger partial charge in [-0.05, 0) is 34.5 Å². The van der Waals surface area contributed by atoms with Gasteiger partial charge in [-0.2, -0.15) is 0 Å². The molecule has 0 saturated carbocycles. The molecule has 0 spiro atoms. The maximum Gasteiger partial charge on any atom is 0.253 e. The van der Waals surface area contributed by atoms with Gasteiger partial charge in [-0.25, -0.2) is 0 Å². The van der Waals surface area contributed by atoms with Gasteiger partial charge in [0, 0.05) is 37.9 Å². The summed E-state index contributed by atoms with van der Waals surface area (Å²) >= 11 is 0. The van der Waals surface area contributed by atoms with Crippen LogP contribution in [0.2, 0.25) is 0 Å². The lowest BCUT2D eigenvalue weighted by Gasteiger charge is -2.31. The van der Waals surface area contributed by atoms with Crippen LogP contribution in [-0.2, 0) is 11.3 Å². The highest BCUT2D eigenvalue weighted by Crippen LogP contribution is 2.24. The summed E-state index contributed by atoms with van der Waals surface area (Å²) in [6.45, 7) is 3.86. The summed E-state index contributed by atoms with van der Waals surface area (Å²) in [6.07, 6.45) is 0. The molecule has 3 aromatic carbocycles. The molecule has 0 atom stereocenters. The van der Waals surface area contributed by atoms with Crippen LogP contribution in [0.15, 0.2) is 66.7 Å². The molecule has 0 aromatic heterocycles. The third-order valence-corrected chi connectivity index (χ3v) is 5.09. The summed E-state index contributed by atoms with van der Waals surface area (Å²) in [6, 6.07) is 22.3. The van der Waals surface area contributed by atoms with Crippen molar-refractivity contribution in [3.05, 3.63) is 77.9 Å². The number of morpholine rings is 1. The number of para-hydroxylation sites is 1. The molecule has 0 N–H and O–H groups in total. The summed E-state index contributed by atoms with van der Waals surface area (Å²) in [5.74, 6) is 0.0394. The molecule has 1 aliphatic rings. The van der Waals surface area contributed by atoms with E-state index in [1.807, 2.05) is 49.5 Å². The zero-order valence-corrected chi connectivity index (χ0v) is 15.6. The van der Waals surface area contributed by atoms with Crippen LogP contribution in [0.1, 0.15) is 15.9 Å². The van der Waals surface area contributed by atoms with E-state index in [0.717, 1.165) is 48.2 Å². The number of amides is 1. The first-order chi connectivity index (χ1) is 13.2. The van der Waals surface area contributed by atoms with Crippen LogP contribution in [0.4, 0.5) is 5.69 Å². The van der Waals surface area contributed by atoms with E-state index in [9.17, 15) is 4.79 Å². The van der Waals surface area contributed by atoms with Gasteiger partial charge in [-0.3, -0.25) is 4.79 Å². The van der Waals surface area contributed by atoms with Gasteiger partial charge in [-0.1, -0.05) is 48.5 Å². The molecule has 4 rings (SSSR count). The molecule has 4 heteroatoms. The fourth-order valence-electron chi connectivity index (χ4n) is 3.63. The molecule has 1 aliphatic heterocycles. The Labute approximate surface area is 160 Å². The first-order valence-electron chi connectivity index (χ1n) is 9.37. The number of nitrogens with zero attached hydrogens (tertiary/aromatic N) is 2. The van der Waals surface area contributed by atoms with E-state index in [1.165, 1.54) is 5.69 Å². The van der Waals surface area contributed by atoms with E-state index in [-0.39, 0.29) is 5.91 Å². The zero-order valence-electron chi connectivity index (χ0n) is 15.6. The molecule has 1 heterocycles. The Morgan fingerprint density at radius 3 is 2.48 bits per heavy atom. The van der Waals surface area contributed by atoms with Gasteiger partial charge in [0.1, 0.15) is 0 Å². The van der Waals surface area contributed by atoms with Gasteiger partial charge in [0.25, 0.3) is 5.91 Å². The zero-order chi connectivity index (χ0) is 18.6. The van der Waals surface area contributed by atoms with Crippen molar-refractivity contribution in [2.24, 2.45) is 0 Å². The number of carbonyl (C=O) groups excluding carboxylic acids is 1. The predicted molar refractivity (Wildman–Crippen MR) is 109 cm³/mol. The summed E-state index contributed by atoms with van der Waals surface area (Å²) in [5, 5.41) is 2.24. The number of fused-ring (bicyclic) bond motifs is 1. The topological polar surface area (TPSA) is 32.8 Å². The molecule has 1 amide bonds. The van der Waals surface area contributed by atoms with Gasteiger partial charge >= 0.3 is 0 Å². The van der Waals surface area contributed by atoms with Gasteiger partial charge in [0.05, 0.1) is 13.2 Å². The van der Waals surface area contributed by atoms with Crippen molar-refractivity contribution in [2.45, 2.75) is 6.54 Å². The standard InChI is InChI=1S/C23H24N2O2/c1-24(23(26)20-11-10-18-6-2-3-7-19(18)16-20)17-21-8-4-5-9-22(21)25-12-14-27-15-13-25/h2-11,16H,12-15,17H2,1H3. The van der Waals surface area contributed by atoms with E-state index < -0.39 is 0 Å². The number of hydrogen-bond donors (Lipinski definition) is 0. The molecule has 0 bridgehead atoms. The van der Waals surface area contributed by atoms with Crippen molar-refractivity contribution in [3.8, 4) is 0 Å². The summed E-state index contributed by atoms with van der Waals surface area (Å²) in [7, 11) is 1.87. The van der Waals surface area contributed by atoms with Crippen LogP contribution < -0.4 is 4.90 Å². The lowest BCUT2D eigenvalue weighted by atomic mass is 10.1. The fraction of sp³-hybridized carbons (Fsp3) is 0.261. The highest BCUT2D eigenvalue weighted by molar-refractivity contribution is 5.98. The average molecular weight is 360 g/mol. The third-order valence-electron chi connectivity index (χ3n) is 5.09. The van der Waals surface area contributed by atoms with Crippen molar-refractivity contribution in [1.29, 1.82) is 0 Å². The number of rotatable bonds is 4. The summed E-state index contributed by atoms with van der Waals surface area (Å²) in [5.41, 5.74) is 3.08. The minimum atomic E-state index is 0.0394. The predicted octanol–water partition coefficient (Wildman–Crippen LogP) is 3.95. The van der Waals surface area contributed by atoms with Crippen molar-refractivity contribution in [1.82, 2.24) is 4.90 Å². The summed E-state index contributed by atoms with van der Waals surface area (Å²) < 4.78 is 5.47. The maximum absolute atomic E-state index is 13.0. The third kappa shape index (κ3) is 3.81. The Balaban J connectivity index is 1.54. The maximum atomic E-state index is 13.0. The van der Waals surface area contributed by atoms with Gasteiger partial charge in [0.2, 0.25) is 0 Å². The first kappa shape index (κ1) is 17.6. The normalized spacial score (nSPS) is 14.3. The van der Waals surface area contributed by atoms with E-state index in [2.05, 4.69) is 29.2 Å². The minimum Gasteiger partial charge on any atom is -0.378 e. The quantitative estimate of drug-likeness (QED) is 0.706. The lowest BCUT2D eigenvalue weighted by Crippen LogP contribution is -2.37. The Morgan fingerprint density at radius 2 is 1.67 bits per heavy atom. The second-order valence-corrected chi connectivity index (χ2v) is 6.95. The SMILES string of the molecule is CN(Cc1ccccc1N1CCOCC1)C(=O)c1ccc2ccccc2c1. The monoisotopic (exact) mass is 360 g/mol. The number of ether oxygens (including phenoxy) is 1. The van der Waals surface area contributed by atoms with E-state index in [4.69, 9.17) is 4.74 Å². The van der Waals surface area contributed by atoms with Crippen molar-refractivity contribution in [2.75, 3.05) is 38.3 Å². The smallest absolute Gasteiger partial charge is 0.253 e. The van der Waals surface area contributed by atoms with E-state index in [0.29, 0.717) is 6.54 Å². The van der Waals surface area contributed by atoms with Crippen LogP contribution in [0.5, 0.6) is 0 Å². The van der Waals surface area contributed by atoms with E-state index >= 15 is 0 Å². The molecular formula is C23H24N2O2. The Morgan fingerprint density at radius 1 is 0.963 bits per heavy atom. The van der Waals surface area contributed by atoms with Crippen molar-refractivity contribution >= 4 is 22.4 Å². The Kier molecular flexibility index (Phi) is 5.07. The molecule has 3 aromatic rings. The molecule has 0 radical (unpaired) electrons. The highest BCUT2D eigenvalue weighted by atomic mass is 16.5. The van der Waals surface area contributed by atoms with Crippen molar-refractivity contribution < 1.29 is 9.53 Å². The van der Waals surface area contributed by atoms with Gasteiger partial charge in [-0.15, -0.1) is 0 Å². The molecular weight excluding hydrogens is 336 g/mol. The second kappa shape index (κ2) is 7.80. The van der Waals surface area contributed by atoms with Crippen LogP contribution in [0.25, 0.3) is 10.8 Å². The Hall–Kier alpha value is -2.85. The van der Waals surface area contributed by atoms with E-state index in [1.54, 1.807) is 4.90 Å². The lowest BCUT2D eigenvalue weighted by molar-refractivity contribution is 0.0785. The number of hydrogen-bond acceptors (Lipinski definition) is 3. The summed E-state index contributed by atoms with van der Waals surface area (Å²) in [4.78, 5) is 17.1. The minimum absolute atomic E-state index is 0.0394. The van der Waals surface area contributed by atoms with Crippen molar-refractivity contribution in [3.63, 3.8) is 0 Å². The van der Waals surface area contributed by atoms with Crippen LogP contribution in [0.3, 0.4) is 0 Å². The molecule has 27 heavy (non-hydrogen) atoms. The van der Waals surface area contributed by atoms with Gasteiger partial charge < -0.3 is 14.5 Å². The van der Waals surface area contributed by atoms with Gasteiger partial charge in [0.15, 0.2) is 0 Å². The molecule has 4 nitrogen and oxygen atoms in total. The Bertz CT molecular complexity index is 948. The van der Waals surface area contributed by atoms with Crippen LogP contribution in [-0.4, -0.2) is 44.2 Å². The largest absolute Gasteiger partial charge is 0.378 e. The molecule has 1 fully saturated rings. The molecule has 138 valence electrons. The van der Waals surface area contributed by atoms with Crippen LogP contribution >= 0.6 is 0 Å². The fourth-order valence-corrected chi connectivity index (χ4v) is 3.63. The second-order valence-electron chi connectivity index (χ2n) is 6.95. The average Bonchev–Trinajstić information content (AvgIpc) is 2.74. The van der Waals surface area contributed by atoms with Crippen LogP contribution in [0, 0.1) is 0 Å². The molecule has 0 unspecified atom stereocenters. The molecule has 0 aliphatic carbocycles. The first-order valence-corrected chi connectivity index (χ1v) is 9.37. The number of carbonyl (C=O) groups is 1. The number of anilines is 1. The number of benzene rings is 3. The highest BCUT2D eigenvalue weighted by Gasteiger charge is 2.18. The molecule has 1 saturated heterocycles.